The number of halogens is 1. The number of hydrogen-bond donors (Lipinski definition) is 1. The van der Waals surface area contributed by atoms with Crippen LogP contribution in [0.15, 0.2) is 36.5 Å². The van der Waals surface area contributed by atoms with Crippen LogP contribution in [-0.2, 0) is 0 Å². The molecule has 7 heteroatoms. The first kappa shape index (κ1) is 19.8. The van der Waals surface area contributed by atoms with Gasteiger partial charge in [-0.3, -0.25) is 9.88 Å². The van der Waals surface area contributed by atoms with Crippen LogP contribution < -0.4 is 4.90 Å². The van der Waals surface area contributed by atoms with Gasteiger partial charge in [0.2, 0.25) is 0 Å². The van der Waals surface area contributed by atoms with Gasteiger partial charge in [0.25, 0.3) is 0 Å². The van der Waals surface area contributed by atoms with E-state index in [4.69, 9.17) is 16.6 Å². The van der Waals surface area contributed by atoms with E-state index in [1.807, 2.05) is 18.3 Å². The van der Waals surface area contributed by atoms with Crippen molar-refractivity contribution in [3.63, 3.8) is 0 Å². The Morgan fingerprint density at radius 3 is 2.60 bits per heavy atom. The molecule has 0 unspecified atom stereocenters. The monoisotopic (exact) mass is 424 g/mol. The van der Waals surface area contributed by atoms with Crippen LogP contribution in [0.3, 0.4) is 0 Å². The predicted octanol–water partition coefficient (Wildman–Crippen LogP) is 4.26. The highest BCUT2D eigenvalue weighted by molar-refractivity contribution is 6.31. The first-order chi connectivity index (χ1) is 14.6. The number of likely N-dealkylation sites (tertiary alicyclic amines) is 1. The maximum Gasteiger partial charge on any atom is 0.124 e. The molecule has 2 aromatic heterocycles. The van der Waals surface area contributed by atoms with Crippen molar-refractivity contribution in [2.75, 3.05) is 45.2 Å². The third-order valence-electron chi connectivity index (χ3n) is 6.71. The number of para-hydroxylation sites is 1. The minimum absolute atomic E-state index is 0.211. The molecular weight excluding hydrogens is 396 g/mol. The molecule has 30 heavy (non-hydrogen) atoms. The molecule has 0 radical (unpaired) electrons. The fourth-order valence-corrected chi connectivity index (χ4v) is 5.18. The van der Waals surface area contributed by atoms with Gasteiger partial charge in [0.15, 0.2) is 0 Å². The van der Waals surface area contributed by atoms with Crippen molar-refractivity contribution in [1.82, 2.24) is 24.8 Å². The number of likely N-dealkylation sites (N-methyl/N-ethyl adjacent to an activating group) is 1. The molecule has 2 aliphatic rings. The second kappa shape index (κ2) is 8.17. The number of rotatable bonds is 3. The lowest BCUT2D eigenvalue weighted by molar-refractivity contribution is 0.107. The van der Waals surface area contributed by atoms with Crippen LogP contribution in [0.1, 0.15) is 42.9 Å². The van der Waals surface area contributed by atoms with E-state index in [1.165, 1.54) is 5.69 Å². The molecule has 2 saturated heterocycles. The van der Waals surface area contributed by atoms with E-state index in [0.29, 0.717) is 0 Å². The number of imidazole rings is 1. The number of piperidine rings is 1. The Morgan fingerprint density at radius 2 is 1.80 bits per heavy atom. The summed E-state index contributed by atoms with van der Waals surface area (Å²) < 4.78 is 0. The maximum absolute atomic E-state index is 6.48. The fourth-order valence-electron chi connectivity index (χ4n) is 4.94. The molecule has 0 bridgehead atoms. The highest BCUT2D eigenvalue weighted by Gasteiger charge is 2.33. The molecule has 3 aromatic rings. The molecule has 6 nitrogen and oxygen atoms in total. The molecule has 1 N–H and O–H groups in total. The lowest BCUT2D eigenvalue weighted by atomic mass is 9.93. The Balaban J connectivity index is 1.46. The van der Waals surface area contributed by atoms with Gasteiger partial charge < -0.3 is 14.8 Å². The fraction of sp³-hybridized carbons (Fsp3) is 0.478. The van der Waals surface area contributed by atoms with Gasteiger partial charge >= 0.3 is 0 Å². The normalized spacial score (nSPS) is 23.9. The van der Waals surface area contributed by atoms with E-state index in [9.17, 15) is 0 Å². The minimum atomic E-state index is 0.211. The molecule has 2 fully saturated rings. The number of aromatic amines is 1. The molecule has 5 rings (SSSR count). The van der Waals surface area contributed by atoms with E-state index in [2.05, 4.69) is 57.0 Å². The summed E-state index contributed by atoms with van der Waals surface area (Å²) in [6.45, 7) is 4.28. The third kappa shape index (κ3) is 3.57. The molecule has 0 amide bonds. The van der Waals surface area contributed by atoms with Crippen molar-refractivity contribution in [3.05, 3.63) is 53.1 Å². The van der Waals surface area contributed by atoms with Gasteiger partial charge in [-0.25, -0.2) is 4.98 Å². The van der Waals surface area contributed by atoms with E-state index >= 15 is 0 Å². The van der Waals surface area contributed by atoms with Crippen molar-refractivity contribution in [3.8, 4) is 0 Å². The van der Waals surface area contributed by atoms with Crippen molar-refractivity contribution in [2.45, 2.75) is 31.3 Å². The smallest absolute Gasteiger partial charge is 0.124 e. The molecule has 2 aliphatic heterocycles. The van der Waals surface area contributed by atoms with Crippen molar-refractivity contribution >= 4 is 28.3 Å². The molecule has 2 atom stereocenters. The molecule has 0 aliphatic carbocycles. The number of aromatic nitrogens is 3. The molecule has 1 aromatic carbocycles. The Hall–Kier alpha value is -2.15. The summed E-state index contributed by atoms with van der Waals surface area (Å²) in [5.41, 5.74) is 4.44. The number of benzene rings is 1. The number of anilines is 1. The zero-order valence-electron chi connectivity index (χ0n) is 17.7. The van der Waals surface area contributed by atoms with Crippen LogP contribution in [0.2, 0.25) is 5.02 Å². The Kier molecular flexibility index (Phi) is 5.39. The standard InChI is InChI=1S/C23H29ClN6/c1-28-12-14-30(15-13-28)19-9-3-7-17-22(19)27-23(26-17)20-10-4-8-18(29(20)2)21-16(24)6-5-11-25-21/h3,5-7,9,11,18,20H,4,8,10,12-15H2,1-2H3,(H,26,27)/t18-,20+/m0/s1. The highest BCUT2D eigenvalue weighted by atomic mass is 35.5. The van der Waals surface area contributed by atoms with E-state index in [-0.39, 0.29) is 12.1 Å². The summed E-state index contributed by atoms with van der Waals surface area (Å²) in [4.78, 5) is 20.6. The van der Waals surface area contributed by atoms with Gasteiger partial charge in [-0.2, -0.15) is 0 Å². The predicted molar refractivity (Wildman–Crippen MR) is 122 cm³/mol. The van der Waals surface area contributed by atoms with Crippen LogP contribution >= 0.6 is 11.6 Å². The lowest BCUT2D eigenvalue weighted by Crippen LogP contribution is -2.44. The van der Waals surface area contributed by atoms with Crippen LogP contribution in [0.4, 0.5) is 5.69 Å². The average Bonchev–Trinajstić information content (AvgIpc) is 3.19. The molecule has 4 heterocycles. The summed E-state index contributed by atoms with van der Waals surface area (Å²) in [6, 6.07) is 10.7. The topological polar surface area (TPSA) is 51.3 Å². The van der Waals surface area contributed by atoms with Gasteiger partial charge in [-0.05, 0) is 57.6 Å². The Bertz CT molecular complexity index is 1030. The number of pyridine rings is 1. The zero-order chi connectivity index (χ0) is 20.7. The van der Waals surface area contributed by atoms with Crippen LogP contribution in [0.5, 0.6) is 0 Å². The van der Waals surface area contributed by atoms with Gasteiger partial charge in [-0.1, -0.05) is 17.7 Å². The van der Waals surface area contributed by atoms with Crippen molar-refractivity contribution in [1.29, 1.82) is 0 Å². The summed E-state index contributed by atoms with van der Waals surface area (Å²) in [5.74, 6) is 1.05. The highest BCUT2D eigenvalue weighted by Crippen LogP contribution is 2.41. The number of nitrogens with one attached hydrogen (secondary N) is 1. The Morgan fingerprint density at radius 1 is 1.00 bits per heavy atom. The largest absolute Gasteiger partial charge is 0.367 e. The minimum Gasteiger partial charge on any atom is -0.367 e. The van der Waals surface area contributed by atoms with Gasteiger partial charge in [0, 0.05) is 32.4 Å². The molecular formula is C23H29ClN6. The summed E-state index contributed by atoms with van der Waals surface area (Å²) in [6.07, 6.45) is 5.12. The van der Waals surface area contributed by atoms with Gasteiger partial charge in [0.05, 0.1) is 39.5 Å². The quantitative estimate of drug-likeness (QED) is 0.680. The number of piperazine rings is 1. The van der Waals surface area contributed by atoms with Crippen LogP contribution in [0, 0.1) is 0 Å². The number of nitrogens with zero attached hydrogens (tertiary/aromatic N) is 5. The lowest BCUT2D eigenvalue weighted by Gasteiger charge is -2.38. The first-order valence-electron chi connectivity index (χ1n) is 10.9. The first-order valence-corrected chi connectivity index (χ1v) is 11.2. The van der Waals surface area contributed by atoms with Crippen LogP contribution in [0.25, 0.3) is 11.0 Å². The number of fused-ring (bicyclic) bond motifs is 1. The SMILES string of the molecule is CN1CCN(c2cccc3nc([C@H]4CCC[C@@H](c5ncccc5Cl)N4C)[nH]c23)CC1. The van der Waals surface area contributed by atoms with Crippen molar-refractivity contribution in [2.24, 2.45) is 0 Å². The molecule has 0 spiro atoms. The zero-order valence-corrected chi connectivity index (χ0v) is 18.4. The third-order valence-corrected chi connectivity index (χ3v) is 7.03. The van der Waals surface area contributed by atoms with Crippen LogP contribution in [-0.4, -0.2) is 65.0 Å². The van der Waals surface area contributed by atoms with Crippen molar-refractivity contribution < 1.29 is 0 Å². The number of H-pyrrole nitrogens is 1. The van der Waals surface area contributed by atoms with Gasteiger partial charge in [0.1, 0.15) is 5.82 Å². The van der Waals surface area contributed by atoms with E-state index < -0.39 is 0 Å². The average molecular weight is 425 g/mol. The maximum atomic E-state index is 6.48. The van der Waals surface area contributed by atoms with E-state index in [1.54, 1.807) is 0 Å². The Labute approximate surface area is 182 Å². The second-order valence-electron chi connectivity index (χ2n) is 8.58. The number of hydrogen-bond acceptors (Lipinski definition) is 5. The van der Waals surface area contributed by atoms with E-state index in [0.717, 1.165) is 73.0 Å². The summed E-state index contributed by atoms with van der Waals surface area (Å²) in [5, 5.41) is 0.747. The van der Waals surface area contributed by atoms with Gasteiger partial charge in [-0.15, -0.1) is 0 Å². The molecule has 0 saturated carbocycles. The summed E-state index contributed by atoms with van der Waals surface area (Å²) in [7, 11) is 4.36. The second-order valence-corrected chi connectivity index (χ2v) is 8.99. The molecule has 158 valence electrons. The summed E-state index contributed by atoms with van der Waals surface area (Å²) >= 11 is 6.48.